The van der Waals surface area contributed by atoms with Crippen LogP contribution in [0, 0.1) is 0 Å². The third-order valence-electron chi connectivity index (χ3n) is 6.73. The number of nitrogens with one attached hydrogen (secondary N) is 2. The zero-order valence-corrected chi connectivity index (χ0v) is 20.8. The molecule has 2 fully saturated rings. The van der Waals surface area contributed by atoms with E-state index in [1.54, 1.807) is 24.5 Å². The minimum atomic E-state index is -4.20. The standard InChI is InChI=1S/C25H30F2N4O4S/c1-2-7-20(22(32)30-24(11-12-24)18-8-6-14-28-17-18)29-23(33)21-16-25(26,27)13-15-31(21)36(34,35)19-9-4-3-5-10-19/h3-6,8-10,14,17,20-21H,2,7,11-13,15-16H2,1H3,(H,29,33)(H,30,32)/t20-,21+/m1/s1. The molecule has 1 saturated carbocycles. The molecule has 1 aliphatic carbocycles. The van der Waals surface area contributed by atoms with Crippen LogP contribution < -0.4 is 10.6 Å². The molecule has 1 aliphatic heterocycles. The average Bonchev–Trinajstić information content (AvgIpc) is 3.64. The Morgan fingerprint density at radius 2 is 1.86 bits per heavy atom. The molecule has 0 radical (unpaired) electrons. The van der Waals surface area contributed by atoms with Crippen molar-refractivity contribution in [1.29, 1.82) is 0 Å². The molecular weight excluding hydrogens is 490 g/mol. The summed E-state index contributed by atoms with van der Waals surface area (Å²) in [4.78, 5) is 30.5. The molecule has 2 heterocycles. The van der Waals surface area contributed by atoms with Crippen LogP contribution in [0.3, 0.4) is 0 Å². The van der Waals surface area contributed by atoms with Gasteiger partial charge in [0.1, 0.15) is 12.1 Å². The summed E-state index contributed by atoms with van der Waals surface area (Å²) in [5.74, 6) is -4.55. The second kappa shape index (κ2) is 10.2. The van der Waals surface area contributed by atoms with Gasteiger partial charge in [0.15, 0.2) is 0 Å². The normalized spacial score (nSPS) is 21.8. The molecule has 2 amide bonds. The fourth-order valence-corrected chi connectivity index (χ4v) is 6.17. The lowest BCUT2D eigenvalue weighted by Crippen LogP contribution is -2.59. The zero-order valence-electron chi connectivity index (χ0n) is 20.0. The third-order valence-corrected chi connectivity index (χ3v) is 8.65. The Balaban J connectivity index is 1.53. The van der Waals surface area contributed by atoms with Crippen LogP contribution in [0.5, 0.6) is 0 Å². The minimum absolute atomic E-state index is 0.0805. The van der Waals surface area contributed by atoms with Crippen LogP contribution in [-0.4, -0.2) is 54.1 Å². The molecule has 1 aromatic heterocycles. The minimum Gasteiger partial charge on any atom is -0.345 e. The van der Waals surface area contributed by atoms with Gasteiger partial charge in [-0.15, -0.1) is 0 Å². The molecule has 2 aliphatic rings. The maximum absolute atomic E-state index is 14.4. The van der Waals surface area contributed by atoms with E-state index in [9.17, 15) is 26.8 Å². The van der Waals surface area contributed by atoms with E-state index in [1.165, 1.54) is 24.3 Å². The third kappa shape index (κ3) is 5.57. The topological polar surface area (TPSA) is 108 Å². The number of rotatable bonds is 9. The molecule has 1 aromatic carbocycles. The van der Waals surface area contributed by atoms with E-state index in [4.69, 9.17) is 0 Å². The van der Waals surface area contributed by atoms with Gasteiger partial charge in [-0.1, -0.05) is 37.6 Å². The van der Waals surface area contributed by atoms with E-state index in [0.29, 0.717) is 6.42 Å². The number of carbonyl (C=O) groups excluding carboxylic acids is 2. The van der Waals surface area contributed by atoms with Gasteiger partial charge < -0.3 is 10.6 Å². The summed E-state index contributed by atoms with van der Waals surface area (Å²) >= 11 is 0. The summed E-state index contributed by atoms with van der Waals surface area (Å²) in [6.45, 7) is 1.33. The number of piperidine rings is 1. The average molecular weight is 521 g/mol. The van der Waals surface area contributed by atoms with Gasteiger partial charge in [0.25, 0.3) is 5.92 Å². The van der Waals surface area contributed by atoms with Crippen LogP contribution in [-0.2, 0) is 25.2 Å². The molecule has 2 atom stereocenters. The number of amides is 2. The highest BCUT2D eigenvalue weighted by Crippen LogP contribution is 2.45. The van der Waals surface area contributed by atoms with Gasteiger partial charge in [0.05, 0.1) is 10.4 Å². The Morgan fingerprint density at radius 3 is 2.47 bits per heavy atom. The van der Waals surface area contributed by atoms with E-state index in [-0.39, 0.29) is 11.3 Å². The zero-order chi connectivity index (χ0) is 26.0. The fraction of sp³-hybridized carbons (Fsp3) is 0.480. The lowest BCUT2D eigenvalue weighted by atomic mass is 9.99. The molecule has 8 nitrogen and oxygen atoms in total. The Kier molecular flexibility index (Phi) is 7.42. The van der Waals surface area contributed by atoms with E-state index >= 15 is 0 Å². The molecule has 4 rings (SSSR count). The first kappa shape index (κ1) is 26.2. The number of alkyl halides is 2. The first-order valence-electron chi connectivity index (χ1n) is 12.1. The SMILES string of the molecule is CCC[C@@H](NC(=O)[C@@H]1CC(F)(F)CCN1S(=O)(=O)c1ccccc1)C(=O)NC1(c2cccnc2)CC1. The molecule has 2 N–H and O–H groups in total. The number of hydrogen-bond acceptors (Lipinski definition) is 5. The Labute approximate surface area is 209 Å². The van der Waals surface area contributed by atoms with Crippen molar-refractivity contribution >= 4 is 21.8 Å². The van der Waals surface area contributed by atoms with Crippen molar-refractivity contribution in [2.24, 2.45) is 0 Å². The first-order valence-corrected chi connectivity index (χ1v) is 13.5. The van der Waals surface area contributed by atoms with Crippen molar-refractivity contribution in [3.8, 4) is 0 Å². The number of halogens is 2. The second-order valence-electron chi connectivity index (χ2n) is 9.42. The smallest absolute Gasteiger partial charge is 0.251 e. The lowest BCUT2D eigenvalue weighted by molar-refractivity contribution is -0.136. The highest BCUT2D eigenvalue weighted by molar-refractivity contribution is 7.89. The molecule has 194 valence electrons. The summed E-state index contributed by atoms with van der Waals surface area (Å²) in [6.07, 6.45) is 3.93. The lowest BCUT2D eigenvalue weighted by Gasteiger charge is -2.38. The van der Waals surface area contributed by atoms with Crippen LogP contribution in [0.15, 0.2) is 59.8 Å². The van der Waals surface area contributed by atoms with Crippen LogP contribution in [0.4, 0.5) is 8.78 Å². The fourth-order valence-electron chi connectivity index (χ4n) is 4.56. The number of hydrogen-bond donors (Lipinski definition) is 2. The molecule has 0 unspecified atom stereocenters. The van der Waals surface area contributed by atoms with Crippen LogP contribution in [0.25, 0.3) is 0 Å². The predicted octanol–water partition coefficient (Wildman–Crippen LogP) is 2.96. The molecular formula is C25H30F2N4O4S. The van der Waals surface area contributed by atoms with Crippen molar-refractivity contribution in [2.75, 3.05) is 6.54 Å². The summed E-state index contributed by atoms with van der Waals surface area (Å²) in [5.41, 5.74) is 0.287. The second-order valence-corrected chi connectivity index (χ2v) is 11.3. The van der Waals surface area contributed by atoms with Gasteiger partial charge in [-0.3, -0.25) is 14.6 Å². The number of pyridine rings is 1. The number of sulfonamides is 1. The monoisotopic (exact) mass is 520 g/mol. The summed E-state index contributed by atoms with van der Waals surface area (Å²) < 4.78 is 56.0. The molecule has 36 heavy (non-hydrogen) atoms. The molecule has 0 bridgehead atoms. The van der Waals surface area contributed by atoms with Crippen molar-refractivity contribution in [3.05, 3.63) is 60.4 Å². The summed E-state index contributed by atoms with van der Waals surface area (Å²) in [7, 11) is -4.20. The highest BCUT2D eigenvalue weighted by atomic mass is 32.2. The van der Waals surface area contributed by atoms with Crippen molar-refractivity contribution < 1.29 is 26.8 Å². The van der Waals surface area contributed by atoms with Gasteiger partial charge in [-0.2, -0.15) is 4.31 Å². The number of carbonyl (C=O) groups is 2. The largest absolute Gasteiger partial charge is 0.345 e. The van der Waals surface area contributed by atoms with Crippen LogP contribution >= 0.6 is 0 Å². The van der Waals surface area contributed by atoms with E-state index in [1.807, 2.05) is 13.0 Å². The quantitative estimate of drug-likeness (QED) is 0.529. The van der Waals surface area contributed by atoms with Crippen molar-refractivity contribution in [3.63, 3.8) is 0 Å². The molecule has 11 heteroatoms. The number of benzene rings is 1. The Hall–Kier alpha value is -2.92. The van der Waals surface area contributed by atoms with E-state index in [2.05, 4.69) is 15.6 Å². The van der Waals surface area contributed by atoms with Crippen molar-refractivity contribution in [1.82, 2.24) is 19.9 Å². The van der Waals surface area contributed by atoms with Gasteiger partial charge in [0.2, 0.25) is 21.8 Å². The van der Waals surface area contributed by atoms with Gasteiger partial charge >= 0.3 is 0 Å². The van der Waals surface area contributed by atoms with Crippen LogP contribution in [0.1, 0.15) is 51.0 Å². The Bertz CT molecular complexity index is 1190. The molecule has 0 spiro atoms. The maximum Gasteiger partial charge on any atom is 0.251 e. The van der Waals surface area contributed by atoms with Gasteiger partial charge in [-0.25, -0.2) is 17.2 Å². The van der Waals surface area contributed by atoms with Crippen molar-refractivity contribution in [2.45, 2.75) is 73.9 Å². The predicted molar refractivity (Wildman–Crippen MR) is 128 cm³/mol. The van der Waals surface area contributed by atoms with Gasteiger partial charge in [-0.05, 0) is 43.0 Å². The first-order chi connectivity index (χ1) is 17.1. The molecule has 1 saturated heterocycles. The van der Waals surface area contributed by atoms with E-state index in [0.717, 1.165) is 22.7 Å². The highest BCUT2D eigenvalue weighted by Gasteiger charge is 2.49. The van der Waals surface area contributed by atoms with Gasteiger partial charge in [0, 0.05) is 31.8 Å². The Morgan fingerprint density at radius 1 is 1.14 bits per heavy atom. The molecule has 2 aromatic rings. The van der Waals surface area contributed by atoms with Crippen LogP contribution in [0.2, 0.25) is 0 Å². The summed E-state index contributed by atoms with van der Waals surface area (Å²) in [6, 6.07) is 8.42. The van der Waals surface area contributed by atoms with E-state index < -0.39 is 64.8 Å². The number of aromatic nitrogens is 1. The number of nitrogens with zero attached hydrogens (tertiary/aromatic N) is 2. The maximum atomic E-state index is 14.4. The summed E-state index contributed by atoms with van der Waals surface area (Å²) in [5, 5.41) is 5.56.